The van der Waals surface area contributed by atoms with E-state index in [4.69, 9.17) is 10.5 Å². The molecule has 0 aliphatic carbocycles. The van der Waals surface area contributed by atoms with Crippen LogP contribution < -0.4 is 5.73 Å². The van der Waals surface area contributed by atoms with Crippen LogP contribution in [0, 0.1) is 5.41 Å². The van der Waals surface area contributed by atoms with Gasteiger partial charge in [0, 0.05) is 13.7 Å². The average Bonchev–Trinajstić information content (AvgIpc) is 2.59. The maximum atomic E-state index is 12.2. The SMILES string of the molecule is CC1OCCC1N(C)C(=O)C(N)C(C)(C)C. The fraction of sp³-hybridized carbons (Fsp3) is 0.917. The highest BCUT2D eigenvalue weighted by atomic mass is 16.5. The molecular formula is C12H24N2O2. The molecule has 1 rings (SSSR count). The second-order valence-electron chi connectivity index (χ2n) is 5.72. The number of carbonyl (C=O) groups excluding carboxylic acids is 1. The molecule has 0 radical (unpaired) electrons. The van der Waals surface area contributed by atoms with Crippen molar-refractivity contribution in [3.8, 4) is 0 Å². The number of amides is 1. The molecule has 0 bridgehead atoms. The summed E-state index contributed by atoms with van der Waals surface area (Å²) >= 11 is 0. The third kappa shape index (κ3) is 2.74. The number of nitrogens with zero attached hydrogens (tertiary/aromatic N) is 1. The van der Waals surface area contributed by atoms with Crippen LogP contribution in [-0.4, -0.2) is 42.6 Å². The molecule has 1 heterocycles. The van der Waals surface area contributed by atoms with Gasteiger partial charge >= 0.3 is 0 Å². The van der Waals surface area contributed by atoms with Crippen molar-refractivity contribution in [3.63, 3.8) is 0 Å². The van der Waals surface area contributed by atoms with E-state index >= 15 is 0 Å². The van der Waals surface area contributed by atoms with Crippen molar-refractivity contribution in [3.05, 3.63) is 0 Å². The van der Waals surface area contributed by atoms with Crippen LogP contribution in [0.1, 0.15) is 34.1 Å². The Kier molecular flexibility index (Phi) is 3.97. The van der Waals surface area contributed by atoms with Crippen LogP contribution in [0.4, 0.5) is 0 Å². The third-order valence-corrected chi connectivity index (χ3v) is 3.38. The Bertz CT molecular complexity index is 260. The normalized spacial score (nSPS) is 27.9. The summed E-state index contributed by atoms with van der Waals surface area (Å²) in [6, 6.07) is -0.286. The summed E-state index contributed by atoms with van der Waals surface area (Å²) in [7, 11) is 1.82. The predicted octanol–water partition coefficient (Wildman–Crippen LogP) is 0.996. The number of likely N-dealkylation sites (N-methyl/N-ethyl adjacent to an activating group) is 1. The van der Waals surface area contributed by atoms with Gasteiger partial charge in [-0.15, -0.1) is 0 Å². The molecule has 0 aromatic carbocycles. The molecule has 16 heavy (non-hydrogen) atoms. The molecule has 0 aromatic rings. The minimum absolute atomic E-state index is 0.00912. The van der Waals surface area contributed by atoms with E-state index < -0.39 is 6.04 Å². The van der Waals surface area contributed by atoms with Crippen LogP contribution >= 0.6 is 0 Å². The van der Waals surface area contributed by atoms with Gasteiger partial charge in [-0.2, -0.15) is 0 Å². The Morgan fingerprint density at radius 1 is 1.50 bits per heavy atom. The van der Waals surface area contributed by atoms with Crippen LogP contribution in [0.15, 0.2) is 0 Å². The predicted molar refractivity (Wildman–Crippen MR) is 64.0 cm³/mol. The Balaban J connectivity index is 2.67. The Labute approximate surface area is 98.1 Å². The van der Waals surface area contributed by atoms with Crippen LogP contribution in [0.5, 0.6) is 0 Å². The van der Waals surface area contributed by atoms with Gasteiger partial charge in [-0.05, 0) is 18.8 Å². The first-order chi connectivity index (χ1) is 7.25. The Morgan fingerprint density at radius 3 is 2.44 bits per heavy atom. The molecule has 0 spiro atoms. The Morgan fingerprint density at radius 2 is 2.06 bits per heavy atom. The van der Waals surface area contributed by atoms with Crippen molar-refractivity contribution >= 4 is 5.91 Å². The van der Waals surface area contributed by atoms with Crippen LogP contribution in [-0.2, 0) is 9.53 Å². The van der Waals surface area contributed by atoms with E-state index in [2.05, 4.69) is 0 Å². The first kappa shape index (κ1) is 13.5. The van der Waals surface area contributed by atoms with Crippen molar-refractivity contribution in [2.75, 3.05) is 13.7 Å². The van der Waals surface area contributed by atoms with Crippen LogP contribution in [0.3, 0.4) is 0 Å². The van der Waals surface area contributed by atoms with Crippen molar-refractivity contribution < 1.29 is 9.53 Å². The van der Waals surface area contributed by atoms with E-state index in [-0.39, 0.29) is 23.5 Å². The van der Waals surface area contributed by atoms with E-state index in [0.29, 0.717) is 0 Å². The zero-order chi connectivity index (χ0) is 12.5. The molecule has 1 aliphatic rings. The molecule has 0 aromatic heterocycles. The highest BCUT2D eigenvalue weighted by Crippen LogP contribution is 2.23. The lowest BCUT2D eigenvalue weighted by molar-refractivity contribution is -0.136. The van der Waals surface area contributed by atoms with E-state index in [0.717, 1.165) is 13.0 Å². The monoisotopic (exact) mass is 228 g/mol. The van der Waals surface area contributed by atoms with Crippen molar-refractivity contribution in [1.29, 1.82) is 0 Å². The zero-order valence-corrected chi connectivity index (χ0v) is 11.0. The molecule has 0 saturated carbocycles. The smallest absolute Gasteiger partial charge is 0.240 e. The molecule has 1 saturated heterocycles. The van der Waals surface area contributed by atoms with E-state index in [9.17, 15) is 4.79 Å². The summed E-state index contributed by atoms with van der Waals surface area (Å²) in [5.41, 5.74) is 5.78. The van der Waals surface area contributed by atoms with Crippen molar-refractivity contribution in [2.24, 2.45) is 11.1 Å². The fourth-order valence-electron chi connectivity index (χ4n) is 1.98. The summed E-state index contributed by atoms with van der Waals surface area (Å²) < 4.78 is 5.47. The van der Waals surface area contributed by atoms with Gasteiger partial charge in [0.15, 0.2) is 0 Å². The minimum Gasteiger partial charge on any atom is -0.376 e. The topological polar surface area (TPSA) is 55.6 Å². The second-order valence-corrected chi connectivity index (χ2v) is 5.72. The highest BCUT2D eigenvalue weighted by molar-refractivity contribution is 5.82. The summed E-state index contributed by atoms with van der Waals surface area (Å²) in [5, 5.41) is 0. The first-order valence-corrected chi connectivity index (χ1v) is 5.89. The van der Waals surface area contributed by atoms with Crippen LogP contribution in [0.2, 0.25) is 0 Å². The number of carbonyl (C=O) groups is 1. The standard InChI is InChI=1S/C12H24N2O2/c1-8-9(6-7-16-8)14(5)11(15)10(13)12(2,3)4/h8-10H,6-7,13H2,1-5H3. The fourth-order valence-corrected chi connectivity index (χ4v) is 1.98. The summed E-state index contributed by atoms with van der Waals surface area (Å²) in [5.74, 6) is 0.00912. The molecule has 1 aliphatic heterocycles. The molecule has 4 nitrogen and oxygen atoms in total. The molecule has 4 heteroatoms. The van der Waals surface area contributed by atoms with Gasteiger partial charge in [0.25, 0.3) is 0 Å². The third-order valence-electron chi connectivity index (χ3n) is 3.38. The van der Waals surface area contributed by atoms with E-state index in [1.165, 1.54) is 0 Å². The van der Waals surface area contributed by atoms with Crippen molar-refractivity contribution in [1.82, 2.24) is 4.90 Å². The summed E-state index contributed by atoms with van der Waals surface area (Å²) in [6.07, 6.45) is 1.02. The number of ether oxygens (including phenoxy) is 1. The van der Waals surface area contributed by atoms with Crippen LogP contribution in [0.25, 0.3) is 0 Å². The van der Waals surface area contributed by atoms with Gasteiger partial charge < -0.3 is 15.4 Å². The molecule has 94 valence electrons. The maximum Gasteiger partial charge on any atom is 0.240 e. The zero-order valence-electron chi connectivity index (χ0n) is 11.0. The van der Waals surface area contributed by atoms with Gasteiger partial charge in [-0.3, -0.25) is 4.79 Å². The quantitative estimate of drug-likeness (QED) is 0.767. The lowest BCUT2D eigenvalue weighted by Crippen LogP contribution is -2.53. The van der Waals surface area contributed by atoms with E-state index in [1.54, 1.807) is 4.90 Å². The summed E-state index contributed by atoms with van der Waals surface area (Å²) in [6.45, 7) is 8.69. The van der Waals surface area contributed by atoms with Gasteiger partial charge in [0.1, 0.15) is 0 Å². The van der Waals surface area contributed by atoms with Gasteiger partial charge in [0.05, 0.1) is 18.2 Å². The number of hydrogen-bond acceptors (Lipinski definition) is 3. The Hall–Kier alpha value is -0.610. The van der Waals surface area contributed by atoms with Gasteiger partial charge in [0.2, 0.25) is 5.91 Å². The lowest BCUT2D eigenvalue weighted by atomic mass is 9.86. The van der Waals surface area contributed by atoms with Crippen molar-refractivity contribution in [2.45, 2.75) is 52.3 Å². The van der Waals surface area contributed by atoms with E-state index in [1.807, 2.05) is 34.7 Å². The minimum atomic E-state index is -0.453. The summed E-state index contributed by atoms with van der Waals surface area (Å²) in [4.78, 5) is 13.9. The maximum absolute atomic E-state index is 12.2. The molecule has 3 atom stereocenters. The average molecular weight is 228 g/mol. The number of hydrogen-bond donors (Lipinski definition) is 1. The number of nitrogens with two attached hydrogens (primary N) is 1. The molecule has 1 fully saturated rings. The molecular weight excluding hydrogens is 204 g/mol. The lowest BCUT2D eigenvalue weighted by Gasteiger charge is -2.34. The largest absolute Gasteiger partial charge is 0.376 e. The molecule has 3 unspecified atom stereocenters. The van der Waals surface area contributed by atoms with Gasteiger partial charge in [-0.1, -0.05) is 20.8 Å². The first-order valence-electron chi connectivity index (χ1n) is 5.89. The molecule has 1 amide bonds. The highest BCUT2D eigenvalue weighted by Gasteiger charge is 2.36. The molecule has 2 N–H and O–H groups in total. The second kappa shape index (κ2) is 4.72. The van der Waals surface area contributed by atoms with Gasteiger partial charge in [-0.25, -0.2) is 0 Å². The number of rotatable bonds is 2.